The van der Waals surface area contributed by atoms with E-state index in [1.165, 1.54) is 70.6 Å². The molecule has 0 aromatic carbocycles. The Kier molecular flexibility index (Phi) is 9.23. The summed E-state index contributed by atoms with van der Waals surface area (Å²) in [5.74, 6) is 1.05. The molecule has 1 saturated carbocycles. The zero-order valence-electron chi connectivity index (χ0n) is 13.1. The fraction of sp³-hybridized carbons (Fsp3) is 1.00. The lowest BCUT2D eigenvalue weighted by molar-refractivity contribution is 0.00272. The van der Waals surface area contributed by atoms with Gasteiger partial charge in [-0.3, -0.25) is 0 Å². The van der Waals surface area contributed by atoms with Crippen LogP contribution in [0.3, 0.4) is 0 Å². The maximum absolute atomic E-state index is 6.01. The van der Waals surface area contributed by atoms with Gasteiger partial charge in [-0.2, -0.15) is 12.6 Å². The molecule has 1 fully saturated rings. The normalized spacial score (nSPS) is 19.7. The molecule has 114 valence electrons. The van der Waals surface area contributed by atoms with Crippen molar-refractivity contribution in [3.8, 4) is 0 Å². The Morgan fingerprint density at radius 1 is 0.895 bits per heavy atom. The summed E-state index contributed by atoms with van der Waals surface area (Å²) in [5, 5.41) is 0. The molecule has 0 N–H and O–H groups in total. The predicted molar refractivity (Wildman–Crippen MR) is 88.2 cm³/mol. The van der Waals surface area contributed by atoms with E-state index in [1.54, 1.807) is 0 Å². The second kappa shape index (κ2) is 10.1. The number of hydrogen-bond donors (Lipinski definition) is 1. The first-order valence-corrected chi connectivity index (χ1v) is 9.00. The topological polar surface area (TPSA) is 9.23 Å². The highest BCUT2D eigenvalue weighted by Gasteiger charge is 2.26. The van der Waals surface area contributed by atoms with Crippen molar-refractivity contribution in [1.29, 1.82) is 0 Å². The third kappa shape index (κ3) is 8.96. The van der Waals surface area contributed by atoms with Crippen LogP contribution in [0.25, 0.3) is 0 Å². The predicted octanol–water partition coefficient (Wildman–Crippen LogP) is 5.63. The zero-order valence-corrected chi connectivity index (χ0v) is 14.0. The molecule has 0 atom stereocenters. The minimum absolute atomic E-state index is 0.559. The van der Waals surface area contributed by atoms with E-state index in [9.17, 15) is 0 Å². The summed E-state index contributed by atoms with van der Waals surface area (Å²) in [6.45, 7) is 5.76. The minimum Gasteiger partial charge on any atom is -0.378 e. The van der Waals surface area contributed by atoms with Crippen LogP contribution in [0.4, 0.5) is 0 Å². The van der Waals surface area contributed by atoms with Gasteiger partial charge in [-0.25, -0.2) is 0 Å². The quantitative estimate of drug-likeness (QED) is 0.404. The third-order valence-corrected chi connectivity index (χ3v) is 4.76. The molecule has 0 heterocycles. The summed E-state index contributed by atoms with van der Waals surface area (Å²) < 4.78 is 6.01. The summed E-state index contributed by atoms with van der Waals surface area (Å²) in [6, 6.07) is 0. The van der Waals surface area contributed by atoms with Gasteiger partial charge < -0.3 is 4.74 Å². The molecule has 1 nitrogen and oxygen atoms in total. The molecule has 0 aliphatic heterocycles. The molecule has 0 aromatic heterocycles. The fourth-order valence-electron chi connectivity index (χ4n) is 2.89. The van der Waals surface area contributed by atoms with Crippen molar-refractivity contribution in [3.63, 3.8) is 0 Å². The largest absolute Gasteiger partial charge is 0.378 e. The SMILES string of the molecule is CC1(C)CCC(OCCCCCCCCCS)CC1. The smallest absolute Gasteiger partial charge is 0.0575 e. The monoisotopic (exact) mass is 286 g/mol. The average molecular weight is 287 g/mol. The van der Waals surface area contributed by atoms with E-state index >= 15 is 0 Å². The van der Waals surface area contributed by atoms with Crippen LogP contribution in [-0.4, -0.2) is 18.5 Å². The Morgan fingerprint density at radius 3 is 2.00 bits per heavy atom. The summed E-state index contributed by atoms with van der Waals surface area (Å²) in [5.41, 5.74) is 0.562. The first-order valence-electron chi connectivity index (χ1n) is 8.36. The molecular formula is C17H34OS. The van der Waals surface area contributed by atoms with Gasteiger partial charge in [-0.1, -0.05) is 46.0 Å². The number of hydrogen-bond acceptors (Lipinski definition) is 2. The van der Waals surface area contributed by atoms with E-state index in [4.69, 9.17) is 4.74 Å². The van der Waals surface area contributed by atoms with E-state index < -0.39 is 0 Å². The molecule has 2 heteroatoms. The van der Waals surface area contributed by atoms with Crippen LogP contribution >= 0.6 is 12.6 Å². The molecule has 19 heavy (non-hydrogen) atoms. The van der Waals surface area contributed by atoms with Gasteiger partial charge >= 0.3 is 0 Å². The summed E-state index contributed by atoms with van der Waals surface area (Å²) in [7, 11) is 0. The van der Waals surface area contributed by atoms with Crippen LogP contribution in [0.1, 0.15) is 84.5 Å². The van der Waals surface area contributed by atoms with Crippen molar-refractivity contribution in [2.45, 2.75) is 90.6 Å². The number of ether oxygens (including phenoxy) is 1. The zero-order chi connectivity index (χ0) is 14.0. The lowest BCUT2D eigenvalue weighted by atomic mass is 9.76. The Hall–Kier alpha value is 0.310. The molecule has 0 unspecified atom stereocenters. The maximum Gasteiger partial charge on any atom is 0.0575 e. The Labute approximate surface area is 126 Å². The molecule has 1 rings (SSSR count). The highest BCUT2D eigenvalue weighted by atomic mass is 32.1. The van der Waals surface area contributed by atoms with Crippen molar-refractivity contribution in [1.82, 2.24) is 0 Å². The maximum atomic E-state index is 6.01. The van der Waals surface area contributed by atoms with Crippen LogP contribution in [-0.2, 0) is 4.74 Å². The van der Waals surface area contributed by atoms with E-state index in [2.05, 4.69) is 26.5 Å². The molecule has 1 aliphatic carbocycles. The third-order valence-electron chi connectivity index (χ3n) is 4.44. The highest BCUT2D eigenvalue weighted by Crippen LogP contribution is 2.36. The molecule has 1 aliphatic rings. The summed E-state index contributed by atoms with van der Waals surface area (Å²) in [4.78, 5) is 0. The number of rotatable bonds is 10. The van der Waals surface area contributed by atoms with Crippen LogP contribution in [0.5, 0.6) is 0 Å². The fourth-order valence-corrected chi connectivity index (χ4v) is 3.11. The average Bonchev–Trinajstić information content (AvgIpc) is 2.38. The van der Waals surface area contributed by atoms with Gasteiger partial charge in [0.2, 0.25) is 0 Å². The number of unbranched alkanes of at least 4 members (excludes halogenated alkanes) is 6. The van der Waals surface area contributed by atoms with Gasteiger partial charge in [-0.15, -0.1) is 0 Å². The van der Waals surface area contributed by atoms with Crippen LogP contribution < -0.4 is 0 Å². The van der Waals surface area contributed by atoms with E-state index in [0.29, 0.717) is 11.5 Å². The van der Waals surface area contributed by atoms with Crippen molar-refractivity contribution in [3.05, 3.63) is 0 Å². The van der Waals surface area contributed by atoms with Gasteiger partial charge in [0.25, 0.3) is 0 Å². The molecular weight excluding hydrogens is 252 g/mol. The standard InChI is InChI=1S/C17H34OS/c1-17(2)12-10-16(11-13-17)18-14-8-6-4-3-5-7-9-15-19/h16,19H,3-15H2,1-2H3. The molecule has 0 radical (unpaired) electrons. The van der Waals surface area contributed by atoms with E-state index in [1.807, 2.05) is 0 Å². The van der Waals surface area contributed by atoms with Crippen molar-refractivity contribution < 1.29 is 4.74 Å². The Bertz CT molecular complexity index is 205. The van der Waals surface area contributed by atoms with Gasteiger partial charge in [0.15, 0.2) is 0 Å². The number of thiol groups is 1. The highest BCUT2D eigenvalue weighted by molar-refractivity contribution is 7.80. The molecule has 0 spiro atoms. The van der Waals surface area contributed by atoms with Gasteiger partial charge in [0, 0.05) is 6.61 Å². The summed E-state index contributed by atoms with van der Waals surface area (Å²) in [6.07, 6.45) is 15.2. The molecule has 0 amide bonds. The summed E-state index contributed by atoms with van der Waals surface area (Å²) >= 11 is 4.24. The van der Waals surface area contributed by atoms with Crippen LogP contribution in [0, 0.1) is 5.41 Å². The Balaban J connectivity index is 1.84. The van der Waals surface area contributed by atoms with Crippen LogP contribution in [0.15, 0.2) is 0 Å². The lowest BCUT2D eigenvalue weighted by Crippen LogP contribution is -2.26. The van der Waals surface area contributed by atoms with Gasteiger partial charge in [0.1, 0.15) is 0 Å². The first kappa shape index (κ1) is 17.4. The van der Waals surface area contributed by atoms with Crippen molar-refractivity contribution >= 4 is 12.6 Å². The van der Waals surface area contributed by atoms with Crippen molar-refractivity contribution in [2.24, 2.45) is 5.41 Å². The second-order valence-electron chi connectivity index (χ2n) is 6.93. The second-order valence-corrected chi connectivity index (χ2v) is 7.38. The molecule has 0 bridgehead atoms. The molecule has 0 saturated heterocycles. The van der Waals surface area contributed by atoms with E-state index in [-0.39, 0.29) is 0 Å². The van der Waals surface area contributed by atoms with E-state index in [0.717, 1.165) is 12.4 Å². The minimum atomic E-state index is 0.559. The first-order chi connectivity index (χ1) is 9.14. The van der Waals surface area contributed by atoms with Gasteiger partial charge in [0.05, 0.1) is 6.10 Å². The molecule has 0 aromatic rings. The lowest BCUT2D eigenvalue weighted by Gasteiger charge is -2.34. The van der Waals surface area contributed by atoms with Crippen LogP contribution in [0.2, 0.25) is 0 Å². The Morgan fingerprint density at radius 2 is 1.42 bits per heavy atom. The van der Waals surface area contributed by atoms with Crippen molar-refractivity contribution in [2.75, 3.05) is 12.4 Å². The van der Waals surface area contributed by atoms with Gasteiger partial charge in [-0.05, 0) is 49.7 Å².